The van der Waals surface area contributed by atoms with Crippen LogP contribution in [0.4, 0.5) is 9.59 Å². The molecule has 8 heteroatoms. The van der Waals surface area contributed by atoms with Crippen LogP contribution < -0.4 is 21.3 Å². The van der Waals surface area contributed by atoms with Crippen molar-refractivity contribution < 1.29 is 14.4 Å². The van der Waals surface area contributed by atoms with Gasteiger partial charge in [0, 0.05) is 6.92 Å². The minimum atomic E-state index is -0.924. The molecular weight excluding hydrogens is 214 g/mol. The van der Waals surface area contributed by atoms with Crippen LogP contribution in [0.2, 0.25) is 0 Å². The Kier molecular flexibility index (Phi) is 1.38. The molecule has 0 bridgehead atoms. The number of amides is 5. The van der Waals surface area contributed by atoms with Gasteiger partial charge in [-0.1, -0.05) is 0 Å². The number of hydrogen-bond donors (Lipinski definition) is 4. The average Bonchev–Trinajstić information content (AvgIpc) is 2.57. The van der Waals surface area contributed by atoms with Crippen molar-refractivity contribution in [1.82, 2.24) is 26.2 Å². The summed E-state index contributed by atoms with van der Waals surface area (Å²) in [6.45, 7) is 1.98. The van der Waals surface area contributed by atoms with Crippen LogP contribution in [0, 0.1) is 0 Å². The molecule has 4 N–H and O–H groups in total. The van der Waals surface area contributed by atoms with Crippen molar-refractivity contribution in [2.45, 2.75) is 18.2 Å². The van der Waals surface area contributed by atoms with E-state index in [2.05, 4.69) is 21.3 Å². The van der Waals surface area contributed by atoms with Gasteiger partial charge in [0.2, 0.25) is 5.91 Å². The van der Waals surface area contributed by atoms with Crippen LogP contribution in [0.1, 0.15) is 6.92 Å². The second-order valence-electron chi connectivity index (χ2n) is 4.34. The van der Waals surface area contributed by atoms with Crippen molar-refractivity contribution in [3.8, 4) is 0 Å². The first kappa shape index (κ1) is 9.25. The number of nitrogens with one attached hydrogen (secondary N) is 4. The van der Waals surface area contributed by atoms with Crippen LogP contribution in [0.25, 0.3) is 0 Å². The van der Waals surface area contributed by atoms with Gasteiger partial charge in [0.1, 0.15) is 0 Å². The van der Waals surface area contributed by atoms with Crippen LogP contribution in [-0.4, -0.2) is 47.3 Å². The van der Waals surface area contributed by atoms with Crippen LogP contribution in [-0.2, 0) is 4.79 Å². The number of carbonyl (C=O) groups is 3. The molecule has 3 heterocycles. The van der Waals surface area contributed by atoms with Gasteiger partial charge in [-0.3, -0.25) is 4.79 Å². The Morgan fingerprint density at radius 3 is 1.75 bits per heavy atom. The van der Waals surface area contributed by atoms with E-state index < -0.39 is 11.3 Å². The summed E-state index contributed by atoms with van der Waals surface area (Å²) in [6, 6.07) is -0.702. The van der Waals surface area contributed by atoms with Gasteiger partial charge in [0.25, 0.3) is 0 Å². The normalized spacial score (nSPS) is 39.4. The molecule has 0 atom stereocenters. The van der Waals surface area contributed by atoms with E-state index in [1.807, 2.05) is 0 Å². The van der Waals surface area contributed by atoms with E-state index >= 15 is 0 Å². The van der Waals surface area contributed by atoms with Crippen molar-refractivity contribution in [3.05, 3.63) is 0 Å². The molecule has 3 aliphatic heterocycles. The summed E-state index contributed by atoms with van der Waals surface area (Å²) in [6.07, 6.45) is 0. The standard InChI is InChI=1S/C8H11N5O3/c1-4(14)13-2-7-8(3-13,11-5(15)9-7)12-6(16)10-7/h2-3H2,1H3,(H2,9,11,15)(H2,10,12,16)/t7-,8+. The number of nitrogens with zero attached hydrogens (tertiary/aromatic N) is 1. The van der Waals surface area contributed by atoms with Crippen molar-refractivity contribution in [3.63, 3.8) is 0 Å². The first-order valence-corrected chi connectivity index (χ1v) is 4.93. The minimum Gasteiger partial charge on any atom is -0.334 e. The maximum atomic E-state index is 11.3. The van der Waals surface area contributed by atoms with E-state index in [1.165, 1.54) is 6.92 Å². The SMILES string of the molecule is CC(=O)N1C[C@]23NC(=O)N[C@@]2(C1)NC(=O)N3. The molecule has 0 aromatic carbocycles. The zero-order valence-electron chi connectivity index (χ0n) is 8.59. The molecule has 0 aliphatic carbocycles. The highest BCUT2D eigenvalue weighted by atomic mass is 16.2. The highest BCUT2D eigenvalue weighted by molar-refractivity contribution is 5.90. The summed E-state index contributed by atoms with van der Waals surface area (Å²) in [5, 5.41) is 10.6. The molecule has 0 radical (unpaired) electrons. The summed E-state index contributed by atoms with van der Waals surface area (Å²) in [5.41, 5.74) is -1.85. The van der Waals surface area contributed by atoms with Crippen molar-refractivity contribution in [2.24, 2.45) is 0 Å². The van der Waals surface area contributed by atoms with Crippen LogP contribution in [0.3, 0.4) is 0 Å². The van der Waals surface area contributed by atoms with Gasteiger partial charge in [0.05, 0.1) is 13.1 Å². The maximum Gasteiger partial charge on any atom is 0.318 e. The van der Waals surface area contributed by atoms with Gasteiger partial charge in [-0.2, -0.15) is 0 Å². The number of hydrogen-bond acceptors (Lipinski definition) is 3. The van der Waals surface area contributed by atoms with Crippen LogP contribution in [0.5, 0.6) is 0 Å². The fourth-order valence-electron chi connectivity index (χ4n) is 2.61. The molecule has 3 aliphatic rings. The van der Waals surface area contributed by atoms with Gasteiger partial charge in [-0.25, -0.2) is 9.59 Å². The summed E-state index contributed by atoms with van der Waals surface area (Å²) in [5.74, 6) is -0.0952. The molecule has 3 fully saturated rings. The van der Waals surface area contributed by atoms with Crippen molar-refractivity contribution in [1.29, 1.82) is 0 Å². The summed E-state index contributed by atoms with van der Waals surface area (Å²) < 4.78 is 0. The molecular formula is C8H11N5O3. The molecule has 0 aromatic rings. The molecule has 3 rings (SSSR count). The molecule has 16 heavy (non-hydrogen) atoms. The largest absolute Gasteiger partial charge is 0.334 e. The second-order valence-corrected chi connectivity index (χ2v) is 4.34. The summed E-state index contributed by atoms with van der Waals surface area (Å²) >= 11 is 0. The van der Waals surface area contributed by atoms with Crippen molar-refractivity contribution >= 4 is 18.0 Å². The van der Waals surface area contributed by atoms with Crippen molar-refractivity contribution in [2.75, 3.05) is 13.1 Å². The van der Waals surface area contributed by atoms with E-state index in [-0.39, 0.29) is 31.1 Å². The highest BCUT2D eigenvalue weighted by Gasteiger charge is 2.69. The van der Waals surface area contributed by atoms with E-state index in [0.29, 0.717) is 0 Å². The molecule has 0 aromatic heterocycles. The molecule has 8 nitrogen and oxygen atoms in total. The van der Waals surface area contributed by atoms with Gasteiger partial charge >= 0.3 is 12.1 Å². The van der Waals surface area contributed by atoms with Gasteiger partial charge in [-0.05, 0) is 0 Å². The smallest absolute Gasteiger partial charge is 0.318 e. The fraction of sp³-hybridized carbons (Fsp3) is 0.625. The monoisotopic (exact) mass is 225 g/mol. The quantitative estimate of drug-likeness (QED) is 0.378. The maximum absolute atomic E-state index is 11.3. The third-order valence-electron chi connectivity index (χ3n) is 3.34. The Labute approximate surface area is 90.7 Å². The Balaban J connectivity index is 2.00. The van der Waals surface area contributed by atoms with E-state index in [9.17, 15) is 14.4 Å². The Morgan fingerprint density at radius 2 is 1.44 bits per heavy atom. The molecule has 5 amide bonds. The minimum absolute atomic E-state index is 0.0952. The predicted octanol–water partition coefficient (Wildman–Crippen LogP) is -2.13. The zero-order valence-corrected chi connectivity index (χ0v) is 8.59. The van der Waals surface area contributed by atoms with E-state index in [1.54, 1.807) is 4.90 Å². The van der Waals surface area contributed by atoms with Gasteiger partial charge in [-0.15, -0.1) is 0 Å². The van der Waals surface area contributed by atoms with E-state index in [4.69, 9.17) is 0 Å². The second kappa shape index (κ2) is 2.39. The zero-order chi connectivity index (χ0) is 11.6. The number of likely N-dealkylation sites (tertiary alicyclic amines) is 1. The number of urea groups is 2. The molecule has 0 saturated carbocycles. The number of rotatable bonds is 0. The first-order valence-electron chi connectivity index (χ1n) is 4.93. The van der Waals surface area contributed by atoms with E-state index in [0.717, 1.165) is 0 Å². The lowest BCUT2D eigenvalue weighted by Crippen LogP contribution is -2.65. The molecule has 0 unspecified atom stereocenters. The van der Waals surface area contributed by atoms with Crippen LogP contribution >= 0.6 is 0 Å². The van der Waals surface area contributed by atoms with Gasteiger partial charge < -0.3 is 26.2 Å². The average molecular weight is 225 g/mol. The highest BCUT2D eigenvalue weighted by Crippen LogP contribution is 2.34. The summed E-state index contributed by atoms with van der Waals surface area (Å²) in [4.78, 5) is 35.5. The third kappa shape index (κ3) is 0.866. The van der Waals surface area contributed by atoms with Gasteiger partial charge in [0.15, 0.2) is 11.3 Å². The Bertz CT molecular complexity index is 372. The lowest BCUT2D eigenvalue weighted by atomic mass is 10.0. The van der Waals surface area contributed by atoms with Crippen LogP contribution in [0.15, 0.2) is 0 Å². The predicted molar refractivity (Wildman–Crippen MR) is 51.1 cm³/mol. The number of carbonyl (C=O) groups excluding carboxylic acids is 3. The Morgan fingerprint density at radius 1 is 1.06 bits per heavy atom. The first-order chi connectivity index (χ1) is 7.46. The topological polar surface area (TPSA) is 103 Å². The molecule has 86 valence electrons. The Hall–Kier alpha value is -1.99. The lowest BCUT2D eigenvalue weighted by Gasteiger charge is -2.27. The molecule has 3 saturated heterocycles. The molecule has 0 spiro atoms. The summed E-state index contributed by atoms with van der Waals surface area (Å²) in [7, 11) is 0. The fourth-order valence-corrected chi connectivity index (χ4v) is 2.61. The third-order valence-corrected chi connectivity index (χ3v) is 3.34. The lowest BCUT2D eigenvalue weighted by molar-refractivity contribution is -0.128.